The molecular weight excluding hydrogens is 158 g/mol. The van der Waals surface area contributed by atoms with Gasteiger partial charge >= 0.3 is 4.87 Å². The maximum Gasteiger partial charge on any atom is 0.305 e. The van der Waals surface area contributed by atoms with E-state index in [1.165, 1.54) is 11.3 Å². The Kier molecular flexibility index (Phi) is 2.44. The lowest BCUT2D eigenvalue weighted by Crippen LogP contribution is -1.91. The number of nitrogens with one attached hydrogen (secondary N) is 1. The van der Waals surface area contributed by atoms with E-state index in [4.69, 9.17) is 0 Å². The van der Waals surface area contributed by atoms with Crippen LogP contribution in [0.3, 0.4) is 0 Å². The number of hydrogen-bond donors (Lipinski definition) is 1. The normalized spacial score (nSPS) is 10.6. The summed E-state index contributed by atoms with van der Waals surface area (Å²) in [6, 6.07) is 0. The first-order chi connectivity index (χ1) is 5.27. The Hall–Kier alpha value is -1.09. The number of aromatic nitrogens is 1. The van der Waals surface area contributed by atoms with Crippen LogP contribution in [0.5, 0.6) is 0 Å². The van der Waals surface area contributed by atoms with E-state index in [1.807, 2.05) is 19.1 Å². The topological polar surface area (TPSA) is 32.9 Å². The molecule has 0 bridgehead atoms. The molecule has 0 saturated heterocycles. The Morgan fingerprint density at radius 3 is 2.91 bits per heavy atom. The molecule has 0 radical (unpaired) electrons. The molecule has 1 aromatic rings. The van der Waals surface area contributed by atoms with Crippen molar-refractivity contribution in [2.75, 3.05) is 0 Å². The molecule has 0 fully saturated rings. The second-order valence-corrected chi connectivity index (χ2v) is 3.01. The van der Waals surface area contributed by atoms with E-state index in [1.54, 1.807) is 6.08 Å². The molecule has 0 atom stereocenters. The van der Waals surface area contributed by atoms with E-state index in [-0.39, 0.29) is 4.87 Å². The molecule has 0 aliphatic carbocycles. The predicted octanol–water partition coefficient (Wildman–Crippen LogP) is 2.11. The lowest BCUT2D eigenvalue weighted by atomic mass is 10.3. The van der Waals surface area contributed by atoms with Gasteiger partial charge in [0.2, 0.25) is 0 Å². The summed E-state index contributed by atoms with van der Waals surface area (Å²) < 4.78 is 0. The molecule has 2 nitrogen and oxygen atoms in total. The predicted molar refractivity (Wildman–Crippen MR) is 49.7 cm³/mol. The Morgan fingerprint density at radius 2 is 2.36 bits per heavy atom. The van der Waals surface area contributed by atoms with Crippen LogP contribution in [0.15, 0.2) is 17.4 Å². The van der Waals surface area contributed by atoms with Crippen LogP contribution in [0.25, 0.3) is 12.2 Å². The molecule has 11 heavy (non-hydrogen) atoms. The minimum atomic E-state index is -0.0343. The summed E-state index contributed by atoms with van der Waals surface area (Å²) in [6.45, 7) is 5.51. The van der Waals surface area contributed by atoms with Crippen molar-refractivity contribution < 1.29 is 0 Å². The highest BCUT2D eigenvalue weighted by Crippen LogP contribution is 2.11. The second-order valence-electron chi connectivity index (χ2n) is 2.00. The molecule has 0 aliphatic heterocycles. The smallest absolute Gasteiger partial charge is 0.305 e. The third kappa shape index (κ3) is 1.68. The highest BCUT2D eigenvalue weighted by molar-refractivity contribution is 7.10. The molecular formula is C8H9NOS. The molecule has 1 N–H and O–H groups in total. The van der Waals surface area contributed by atoms with Crippen molar-refractivity contribution >= 4 is 23.5 Å². The van der Waals surface area contributed by atoms with Gasteiger partial charge in [0, 0.05) is 0 Å². The van der Waals surface area contributed by atoms with Crippen LogP contribution in [0.2, 0.25) is 0 Å². The van der Waals surface area contributed by atoms with Gasteiger partial charge < -0.3 is 4.98 Å². The molecule has 1 heterocycles. The van der Waals surface area contributed by atoms with Crippen LogP contribution in [-0.2, 0) is 0 Å². The van der Waals surface area contributed by atoms with Gasteiger partial charge in [-0.25, -0.2) is 0 Å². The Labute approximate surface area is 68.9 Å². The summed E-state index contributed by atoms with van der Waals surface area (Å²) in [5.74, 6) is 0. The van der Waals surface area contributed by atoms with Gasteiger partial charge in [0.05, 0.1) is 10.6 Å². The molecule has 0 saturated carbocycles. The second kappa shape index (κ2) is 3.34. The largest absolute Gasteiger partial charge is 0.312 e. The number of allylic oxidation sites excluding steroid dienone is 1. The Balaban J connectivity index is 3.22. The maximum absolute atomic E-state index is 10.8. The molecule has 58 valence electrons. The van der Waals surface area contributed by atoms with Gasteiger partial charge in [0.15, 0.2) is 0 Å². The molecule has 0 aliphatic rings. The number of rotatable bonds is 2. The van der Waals surface area contributed by atoms with Crippen molar-refractivity contribution in [1.82, 2.24) is 4.98 Å². The standard InChI is InChI=1S/C8H9NOS/c1-3-5-6-7(4-2)11-8(10)9-6/h3-5H,2H2,1H3,(H,9,10). The van der Waals surface area contributed by atoms with Gasteiger partial charge in [-0.15, -0.1) is 0 Å². The van der Waals surface area contributed by atoms with Crippen molar-refractivity contribution in [3.8, 4) is 0 Å². The number of hydrogen-bond acceptors (Lipinski definition) is 2. The van der Waals surface area contributed by atoms with E-state index < -0.39 is 0 Å². The molecule has 0 amide bonds. The van der Waals surface area contributed by atoms with E-state index in [0.29, 0.717) is 0 Å². The fraction of sp³-hybridized carbons (Fsp3) is 0.125. The van der Waals surface area contributed by atoms with Gasteiger partial charge in [0.25, 0.3) is 0 Å². The first-order valence-corrected chi connectivity index (χ1v) is 4.08. The lowest BCUT2D eigenvalue weighted by Gasteiger charge is -1.85. The summed E-state index contributed by atoms with van der Waals surface area (Å²) in [4.78, 5) is 14.4. The monoisotopic (exact) mass is 167 g/mol. The molecule has 0 spiro atoms. The van der Waals surface area contributed by atoms with E-state index in [0.717, 1.165) is 10.6 Å². The number of thiazole rings is 1. The molecule has 0 unspecified atom stereocenters. The van der Waals surface area contributed by atoms with Crippen molar-refractivity contribution in [1.29, 1.82) is 0 Å². The first-order valence-electron chi connectivity index (χ1n) is 3.26. The van der Waals surface area contributed by atoms with Crippen molar-refractivity contribution in [3.63, 3.8) is 0 Å². The molecule has 1 rings (SSSR count). The van der Waals surface area contributed by atoms with Crippen LogP contribution >= 0.6 is 11.3 Å². The third-order valence-electron chi connectivity index (χ3n) is 1.22. The molecule has 1 aromatic heterocycles. The van der Waals surface area contributed by atoms with E-state index in [2.05, 4.69) is 11.6 Å². The number of aromatic amines is 1. The van der Waals surface area contributed by atoms with Crippen LogP contribution in [0, 0.1) is 0 Å². The van der Waals surface area contributed by atoms with Crippen LogP contribution in [-0.4, -0.2) is 4.98 Å². The number of H-pyrrole nitrogens is 1. The van der Waals surface area contributed by atoms with Gasteiger partial charge in [-0.2, -0.15) is 0 Å². The van der Waals surface area contributed by atoms with Crippen molar-refractivity contribution in [2.24, 2.45) is 0 Å². The minimum Gasteiger partial charge on any atom is -0.312 e. The summed E-state index contributed by atoms with van der Waals surface area (Å²) in [5, 5.41) is 0. The van der Waals surface area contributed by atoms with Crippen LogP contribution in [0.4, 0.5) is 0 Å². The lowest BCUT2D eigenvalue weighted by molar-refractivity contribution is 1.31. The molecule has 0 aromatic carbocycles. The quantitative estimate of drug-likeness (QED) is 0.719. The fourth-order valence-electron chi connectivity index (χ4n) is 0.794. The summed E-state index contributed by atoms with van der Waals surface area (Å²) in [5.41, 5.74) is 0.845. The van der Waals surface area contributed by atoms with Gasteiger partial charge in [0.1, 0.15) is 0 Å². The molecule has 3 heteroatoms. The summed E-state index contributed by atoms with van der Waals surface area (Å²) in [6.07, 6.45) is 5.41. The zero-order valence-corrected chi connectivity index (χ0v) is 7.07. The highest BCUT2D eigenvalue weighted by atomic mass is 32.1. The fourth-order valence-corrected chi connectivity index (χ4v) is 1.47. The van der Waals surface area contributed by atoms with Crippen LogP contribution in [0.1, 0.15) is 17.5 Å². The average Bonchev–Trinajstić information content (AvgIpc) is 2.32. The Morgan fingerprint density at radius 1 is 1.64 bits per heavy atom. The SMILES string of the molecule is C=Cc1sc(=O)[nH]c1C=CC. The summed E-state index contributed by atoms with van der Waals surface area (Å²) in [7, 11) is 0. The van der Waals surface area contributed by atoms with Gasteiger partial charge in [-0.05, 0) is 19.1 Å². The van der Waals surface area contributed by atoms with Gasteiger partial charge in [-0.3, -0.25) is 4.79 Å². The van der Waals surface area contributed by atoms with Gasteiger partial charge in [-0.1, -0.05) is 24.0 Å². The zero-order valence-electron chi connectivity index (χ0n) is 6.26. The van der Waals surface area contributed by atoms with Crippen LogP contribution < -0.4 is 4.87 Å². The van der Waals surface area contributed by atoms with Crippen molar-refractivity contribution in [2.45, 2.75) is 6.92 Å². The summed E-state index contributed by atoms with van der Waals surface area (Å²) >= 11 is 1.17. The van der Waals surface area contributed by atoms with E-state index >= 15 is 0 Å². The Bertz CT molecular complexity index is 332. The van der Waals surface area contributed by atoms with E-state index in [9.17, 15) is 4.79 Å². The average molecular weight is 167 g/mol. The third-order valence-corrected chi connectivity index (χ3v) is 2.12. The maximum atomic E-state index is 10.8. The zero-order chi connectivity index (χ0) is 8.27. The first kappa shape index (κ1) is 8.01. The van der Waals surface area contributed by atoms with Crippen molar-refractivity contribution in [3.05, 3.63) is 32.9 Å². The highest BCUT2D eigenvalue weighted by Gasteiger charge is 1.99. The minimum absolute atomic E-state index is 0.0343.